The van der Waals surface area contributed by atoms with Gasteiger partial charge >= 0.3 is 11.9 Å². The maximum Gasteiger partial charge on any atom is 0.341 e. The Morgan fingerprint density at radius 1 is 0.867 bits per heavy atom. The highest BCUT2D eigenvalue weighted by Gasteiger charge is 2.43. The number of carbonyl (C=O) groups excluding carboxylic acids is 2. The van der Waals surface area contributed by atoms with Crippen LogP contribution in [-0.4, -0.2) is 58.8 Å². The van der Waals surface area contributed by atoms with Crippen LogP contribution >= 0.6 is 0 Å². The molecule has 2 fully saturated rings. The molecule has 0 saturated carbocycles. The molecule has 0 aliphatic carbocycles. The molecule has 1 aromatic carbocycles. The van der Waals surface area contributed by atoms with Crippen molar-refractivity contribution in [3.63, 3.8) is 0 Å². The average Bonchev–Trinajstić information content (AvgIpc) is 2.93. The smallest absolute Gasteiger partial charge is 0.341 e. The van der Waals surface area contributed by atoms with Crippen molar-refractivity contribution >= 4 is 11.9 Å². The lowest BCUT2D eigenvalue weighted by atomic mass is 9.80. The van der Waals surface area contributed by atoms with E-state index in [0.29, 0.717) is 30.7 Å². The first-order valence-electron chi connectivity index (χ1n) is 17.9. The van der Waals surface area contributed by atoms with Gasteiger partial charge in [0.15, 0.2) is 0 Å². The van der Waals surface area contributed by atoms with Gasteiger partial charge in [-0.2, -0.15) is 0 Å². The van der Waals surface area contributed by atoms with Gasteiger partial charge in [-0.1, -0.05) is 79.6 Å². The highest BCUT2D eigenvalue weighted by atomic mass is 19.1. The summed E-state index contributed by atoms with van der Waals surface area (Å²) in [5.41, 5.74) is -0.334. The third kappa shape index (κ3) is 11.1. The molecule has 4 atom stereocenters. The molecule has 2 saturated heterocycles. The molecule has 7 heteroatoms. The summed E-state index contributed by atoms with van der Waals surface area (Å²) in [4.78, 5) is 28.8. The third-order valence-electron chi connectivity index (χ3n) is 10.0. The van der Waals surface area contributed by atoms with Crippen LogP contribution in [0.25, 0.3) is 0 Å². The summed E-state index contributed by atoms with van der Waals surface area (Å²) >= 11 is 0. The second-order valence-corrected chi connectivity index (χ2v) is 15.8. The van der Waals surface area contributed by atoms with Gasteiger partial charge in [0, 0.05) is 48.8 Å². The molecule has 2 aliphatic heterocycles. The van der Waals surface area contributed by atoms with Crippen LogP contribution < -0.4 is 5.32 Å². The van der Waals surface area contributed by atoms with Crippen LogP contribution in [-0.2, 0) is 9.47 Å². The van der Waals surface area contributed by atoms with Crippen molar-refractivity contribution in [2.45, 2.75) is 175 Å². The second kappa shape index (κ2) is 16.7. The summed E-state index contributed by atoms with van der Waals surface area (Å²) in [5, 5.41) is 3.62. The molecule has 0 aromatic heterocycles. The lowest BCUT2D eigenvalue weighted by molar-refractivity contribution is -0.0666. The van der Waals surface area contributed by atoms with E-state index in [-0.39, 0.29) is 40.5 Å². The number of hydrogen-bond acceptors (Lipinski definition) is 6. The SMILES string of the molecule is CCCCCCCCCCN1C(C(C)C)CC(OC(=O)c2ccc(C(=O)OC3CC(C(C)C)NC(C)(C)C3)c(F)c2)CC1(C)C. The van der Waals surface area contributed by atoms with Crippen molar-refractivity contribution in [3.8, 4) is 0 Å². The Balaban J connectivity index is 1.57. The van der Waals surface area contributed by atoms with Gasteiger partial charge in [0.2, 0.25) is 0 Å². The molecular formula is C38H63FN2O4. The van der Waals surface area contributed by atoms with Crippen LogP contribution in [0.3, 0.4) is 0 Å². The van der Waals surface area contributed by atoms with E-state index in [9.17, 15) is 9.59 Å². The molecular weight excluding hydrogens is 567 g/mol. The first kappa shape index (κ1) is 37.5. The molecule has 1 aromatic rings. The Hall–Kier alpha value is -1.99. The predicted octanol–water partition coefficient (Wildman–Crippen LogP) is 9.10. The van der Waals surface area contributed by atoms with Crippen LogP contribution in [0.4, 0.5) is 4.39 Å². The summed E-state index contributed by atoms with van der Waals surface area (Å²) in [6.45, 7) is 20.8. The highest BCUT2D eigenvalue weighted by molar-refractivity contribution is 5.93. The number of benzene rings is 1. The van der Waals surface area contributed by atoms with Crippen molar-refractivity contribution in [1.82, 2.24) is 10.2 Å². The minimum Gasteiger partial charge on any atom is -0.459 e. The summed E-state index contributed by atoms with van der Waals surface area (Å²) in [5.74, 6) is -1.19. The fourth-order valence-corrected chi connectivity index (χ4v) is 7.54. The topological polar surface area (TPSA) is 67.9 Å². The fraction of sp³-hybridized carbons (Fsp3) is 0.789. The standard InChI is InChI=1S/C38H63FN2O4/c1-10-11-12-13-14-15-16-17-20-41-34(27(4)5)23-30(25-38(41,8)9)44-35(42)28-18-19-31(32(39)21-28)36(43)45-29-22-33(26(2)3)40-37(6,7)24-29/h18-19,21,26-27,29-30,33-34,40H,10-17,20,22-25H2,1-9H3. The summed E-state index contributed by atoms with van der Waals surface area (Å²) in [6, 6.07) is 4.47. The van der Waals surface area contributed by atoms with E-state index in [2.05, 4.69) is 72.5 Å². The third-order valence-corrected chi connectivity index (χ3v) is 10.0. The Bertz CT molecular complexity index is 1100. The van der Waals surface area contributed by atoms with Gasteiger partial charge in [0.05, 0.1) is 11.1 Å². The van der Waals surface area contributed by atoms with Crippen molar-refractivity contribution in [2.24, 2.45) is 11.8 Å². The van der Waals surface area contributed by atoms with Gasteiger partial charge in [-0.3, -0.25) is 4.90 Å². The van der Waals surface area contributed by atoms with Gasteiger partial charge in [0.25, 0.3) is 0 Å². The number of hydrogen-bond donors (Lipinski definition) is 1. The number of unbranched alkanes of at least 4 members (excludes halogenated alkanes) is 7. The monoisotopic (exact) mass is 630 g/mol. The molecule has 0 bridgehead atoms. The minimum atomic E-state index is -0.761. The zero-order valence-corrected chi connectivity index (χ0v) is 29.8. The molecule has 4 unspecified atom stereocenters. The van der Waals surface area contributed by atoms with Gasteiger partial charge in [0.1, 0.15) is 18.0 Å². The molecule has 2 aliphatic rings. The van der Waals surface area contributed by atoms with Crippen molar-refractivity contribution < 1.29 is 23.5 Å². The largest absolute Gasteiger partial charge is 0.459 e. The number of nitrogens with one attached hydrogen (secondary N) is 1. The van der Waals surface area contributed by atoms with E-state index in [1.165, 1.54) is 63.5 Å². The quantitative estimate of drug-likeness (QED) is 0.154. The average molecular weight is 631 g/mol. The summed E-state index contributed by atoms with van der Waals surface area (Å²) in [7, 11) is 0. The van der Waals surface area contributed by atoms with E-state index in [1.54, 1.807) is 0 Å². The molecule has 0 amide bonds. The Morgan fingerprint density at radius 2 is 1.47 bits per heavy atom. The van der Waals surface area contributed by atoms with Crippen LogP contribution in [0.15, 0.2) is 18.2 Å². The normalized spacial score (nSPS) is 25.0. The van der Waals surface area contributed by atoms with E-state index in [0.717, 1.165) is 25.5 Å². The fourth-order valence-electron chi connectivity index (χ4n) is 7.54. The van der Waals surface area contributed by atoms with E-state index in [1.807, 2.05) is 0 Å². The zero-order chi connectivity index (χ0) is 33.4. The number of piperidine rings is 2. The van der Waals surface area contributed by atoms with E-state index < -0.39 is 17.8 Å². The number of nitrogens with zero attached hydrogens (tertiary/aromatic N) is 1. The first-order chi connectivity index (χ1) is 21.1. The Labute approximate surface area is 273 Å². The van der Waals surface area contributed by atoms with Gasteiger partial charge < -0.3 is 14.8 Å². The Morgan fingerprint density at radius 3 is 2.07 bits per heavy atom. The lowest BCUT2D eigenvalue weighted by Crippen LogP contribution is -2.59. The molecule has 0 radical (unpaired) electrons. The minimum absolute atomic E-state index is 0.115. The molecule has 0 spiro atoms. The van der Waals surface area contributed by atoms with Gasteiger partial charge in [-0.05, 0) is 70.7 Å². The second-order valence-electron chi connectivity index (χ2n) is 15.8. The van der Waals surface area contributed by atoms with Crippen LogP contribution in [0, 0.1) is 17.7 Å². The molecule has 6 nitrogen and oxygen atoms in total. The van der Waals surface area contributed by atoms with E-state index in [4.69, 9.17) is 9.47 Å². The Kier molecular flexibility index (Phi) is 13.9. The van der Waals surface area contributed by atoms with Crippen LogP contribution in [0.2, 0.25) is 0 Å². The van der Waals surface area contributed by atoms with Crippen molar-refractivity contribution in [3.05, 3.63) is 35.1 Å². The van der Waals surface area contributed by atoms with Crippen molar-refractivity contribution in [2.75, 3.05) is 6.54 Å². The number of ether oxygens (including phenoxy) is 2. The number of likely N-dealkylation sites (tertiary alicyclic amines) is 1. The molecule has 45 heavy (non-hydrogen) atoms. The number of esters is 2. The molecule has 3 rings (SSSR count). The number of rotatable bonds is 15. The van der Waals surface area contributed by atoms with Crippen LogP contribution in [0.5, 0.6) is 0 Å². The first-order valence-corrected chi connectivity index (χ1v) is 17.9. The number of halogens is 1. The number of carbonyl (C=O) groups is 2. The summed E-state index contributed by atoms with van der Waals surface area (Å²) in [6.07, 6.45) is 12.7. The van der Waals surface area contributed by atoms with Gasteiger partial charge in [-0.15, -0.1) is 0 Å². The molecule has 256 valence electrons. The zero-order valence-electron chi connectivity index (χ0n) is 29.8. The van der Waals surface area contributed by atoms with Crippen molar-refractivity contribution in [1.29, 1.82) is 0 Å². The van der Waals surface area contributed by atoms with Crippen LogP contribution in [0.1, 0.15) is 160 Å². The highest BCUT2D eigenvalue weighted by Crippen LogP contribution is 2.37. The predicted molar refractivity (Wildman–Crippen MR) is 181 cm³/mol. The summed E-state index contributed by atoms with van der Waals surface area (Å²) < 4.78 is 27.0. The maximum absolute atomic E-state index is 15.2. The van der Waals surface area contributed by atoms with Gasteiger partial charge in [-0.25, -0.2) is 14.0 Å². The van der Waals surface area contributed by atoms with E-state index >= 15 is 4.39 Å². The maximum atomic E-state index is 15.2. The molecule has 1 N–H and O–H groups in total. The molecule has 2 heterocycles. The lowest BCUT2D eigenvalue weighted by Gasteiger charge is -2.51.